The molecule has 3 rings (SSSR count). The molecule has 0 bridgehead atoms. The first-order chi connectivity index (χ1) is 11.9. The number of thiophene rings is 1. The molecule has 3 N–H and O–H groups in total. The van der Waals surface area contributed by atoms with E-state index in [1.807, 2.05) is 0 Å². The number of hydrogen-bond donors (Lipinski definition) is 3. The van der Waals surface area contributed by atoms with Crippen molar-refractivity contribution < 1.29 is 24.2 Å². The maximum atomic E-state index is 12.7. The van der Waals surface area contributed by atoms with E-state index in [1.54, 1.807) is 0 Å². The fourth-order valence-electron chi connectivity index (χ4n) is 2.96. The predicted molar refractivity (Wildman–Crippen MR) is 93.1 cm³/mol. The minimum Gasteiger partial charge on any atom is -0.480 e. The third-order valence-electron chi connectivity index (χ3n) is 4.36. The molecule has 0 radical (unpaired) electrons. The molecule has 0 unspecified atom stereocenters. The second-order valence-corrected chi connectivity index (χ2v) is 7.84. The third-order valence-corrected chi connectivity index (χ3v) is 5.53. The molecule has 1 saturated carbocycles. The molecule has 2 aliphatic carbocycles. The molecule has 1 aromatic rings. The summed E-state index contributed by atoms with van der Waals surface area (Å²) < 4.78 is 4.82. The topological polar surface area (TPSA) is 105 Å². The van der Waals surface area contributed by atoms with E-state index < -0.39 is 18.5 Å². The number of carbonyl (C=O) groups excluding carboxylic acids is 2. The zero-order valence-electron chi connectivity index (χ0n) is 14.1. The number of carbonyl (C=O) groups is 3. The minimum absolute atomic E-state index is 0.128. The number of anilines is 1. The molecule has 0 aromatic carbocycles. The third kappa shape index (κ3) is 4.58. The minimum atomic E-state index is -1.13. The molecule has 0 saturated heterocycles. The van der Waals surface area contributed by atoms with Crippen LogP contribution in [0.25, 0.3) is 0 Å². The van der Waals surface area contributed by atoms with Crippen LogP contribution in [0.2, 0.25) is 0 Å². The van der Waals surface area contributed by atoms with Crippen molar-refractivity contribution in [3.63, 3.8) is 0 Å². The summed E-state index contributed by atoms with van der Waals surface area (Å²) >= 11 is 1.44. The number of amides is 2. The number of aliphatic carboxylic acids is 1. The quantitative estimate of drug-likeness (QED) is 0.683. The van der Waals surface area contributed by atoms with Crippen molar-refractivity contribution in [1.29, 1.82) is 0 Å². The maximum Gasteiger partial charge on any atom is 0.329 e. The lowest BCUT2D eigenvalue weighted by atomic mass is 9.88. The van der Waals surface area contributed by atoms with Crippen LogP contribution in [0.3, 0.4) is 0 Å². The molecule has 2 amide bonds. The van der Waals surface area contributed by atoms with Crippen molar-refractivity contribution in [2.24, 2.45) is 5.92 Å². The van der Waals surface area contributed by atoms with E-state index in [4.69, 9.17) is 9.84 Å². The highest BCUT2D eigenvalue weighted by atomic mass is 32.1. The molecule has 2 aliphatic rings. The molecule has 136 valence electrons. The summed E-state index contributed by atoms with van der Waals surface area (Å²) in [4.78, 5) is 36.3. The van der Waals surface area contributed by atoms with E-state index in [9.17, 15) is 14.4 Å². The van der Waals surface area contributed by atoms with Gasteiger partial charge in [-0.2, -0.15) is 0 Å². The summed E-state index contributed by atoms with van der Waals surface area (Å²) in [5.74, 6) is -1.14. The van der Waals surface area contributed by atoms with Crippen LogP contribution in [0.15, 0.2) is 0 Å². The Hall–Kier alpha value is -1.93. The number of carboxylic acid groups (broad SMARTS) is 1. The average Bonchev–Trinajstić information content (AvgIpc) is 3.26. The van der Waals surface area contributed by atoms with E-state index in [0.717, 1.165) is 42.5 Å². The van der Waals surface area contributed by atoms with Gasteiger partial charge < -0.3 is 20.5 Å². The molecular weight excluding hydrogens is 344 g/mol. The van der Waals surface area contributed by atoms with Crippen LogP contribution < -0.4 is 10.6 Å². The summed E-state index contributed by atoms with van der Waals surface area (Å²) in [5, 5.41) is 14.8. The smallest absolute Gasteiger partial charge is 0.329 e. The van der Waals surface area contributed by atoms with E-state index in [1.165, 1.54) is 11.3 Å². The van der Waals surface area contributed by atoms with Crippen molar-refractivity contribution in [2.45, 2.75) is 45.1 Å². The molecule has 1 heterocycles. The van der Waals surface area contributed by atoms with Gasteiger partial charge in [0.1, 0.15) is 18.2 Å². The van der Waals surface area contributed by atoms with Crippen molar-refractivity contribution >= 4 is 34.1 Å². The van der Waals surface area contributed by atoms with Crippen molar-refractivity contribution in [2.75, 3.05) is 18.5 Å². The zero-order chi connectivity index (χ0) is 18.0. The second-order valence-electron chi connectivity index (χ2n) is 6.74. The van der Waals surface area contributed by atoms with E-state index in [2.05, 4.69) is 17.6 Å². The second kappa shape index (κ2) is 7.53. The normalized spacial score (nSPS) is 19.2. The Kier molecular flexibility index (Phi) is 5.39. The molecule has 0 spiro atoms. The lowest BCUT2D eigenvalue weighted by molar-refractivity contribution is -0.143. The van der Waals surface area contributed by atoms with Crippen LogP contribution in [0, 0.1) is 5.92 Å². The first kappa shape index (κ1) is 17.9. The summed E-state index contributed by atoms with van der Waals surface area (Å²) in [6.07, 6.45) is 4.78. The van der Waals surface area contributed by atoms with E-state index in [-0.39, 0.29) is 18.6 Å². The van der Waals surface area contributed by atoms with Crippen molar-refractivity contribution in [1.82, 2.24) is 5.32 Å². The van der Waals surface area contributed by atoms with Gasteiger partial charge in [-0.25, -0.2) is 4.79 Å². The van der Waals surface area contributed by atoms with Gasteiger partial charge in [-0.05, 0) is 43.6 Å². The predicted octanol–water partition coefficient (Wildman–Crippen LogP) is 1.80. The Bertz CT molecular complexity index is 695. The summed E-state index contributed by atoms with van der Waals surface area (Å²) in [6.45, 7) is 1.31. The van der Waals surface area contributed by atoms with Crippen molar-refractivity contribution in [3.05, 3.63) is 16.0 Å². The van der Waals surface area contributed by atoms with Gasteiger partial charge in [0.2, 0.25) is 0 Å². The summed E-state index contributed by atoms with van der Waals surface area (Å²) in [7, 11) is 0. The molecule has 1 atom stereocenters. The molecule has 1 aromatic heterocycles. The van der Waals surface area contributed by atoms with Gasteiger partial charge in [0.15, 0.2) is 0 Å². The van der Waals surface area contributed by atoms with Gasteiger partial charge >= 0.3 is 5.97 Å². The molecule has 7 nitrogen and oxygen atoms in total. The Labute approximate surface area is 149 Å². The Balaban J connectivity index is 1.75. The number of fused-ring (bicyclic) bond motifs is 1. The summed E-state index contributed by atoms with van der Waals surface area (Å²) in [6, 6.07) is 0.244. The van der Waals surface area contributed by atoms with Crippen LogP contribution in [-0.4, -0.2) is 42.1 Å². The highest BCUT2D eigenvalue weighted by Crippen LogP contribution is 2.40. The van der Waals surface area contributed by atoms with Gasteiger partial charge in [0.05, 0.1) is 5.56 Å². The number of rotatable bonds is 7. The first-order valence-electron chi connectivity index (χ1n) is 8.48. The highest BCUT2D eigenvalue weighted by Gasteiger charge is 2.31. The standard InChI is InChI=1S/C17H22N2O5S/c1-9-2-5-11-12(6-9)25-17(15(11)16(23)18-10-3-4-10)19-13(20)7-24-8-14(21)22/h9-10H,2-8H2,1H3,(H,18,23)(H,19,20)(H,21,22)/t9-/m0/s1. The van der Waals surface area contributed by atoms with Gasteiger partial charge in [0.25, 0.3) is 11.8 Å². The van der Waals surface area contributed by atoms with Crippen LogP contribution in [0.4, 0.5) is 5.00 Å². The van der Waals surface area contributed by atoms with Gasteiger partial charge in [-0.1, -0.05) is 6.92 Å². The fourth-order valence-corrected chi connectivity index (χ4v) is 4.38. The molecular formula is C17H22N2O5S. The van der Waals surface area contributed by atoms with Gasteiger partial charge in [0, 0.05) is 10.9 Å². The molecule has 25 heavy (non-hydrogen) atoms. The highest BCUT2D eigenvalue weighted by molar-refractivity contribution is 7.17. The molecule has 1 fully saturated rings. The number of hydrogen-bond acceptors (Lipinski definition) is 5. The Morgan fingerprint density at radius 2 is 2.00 bits per heavy atom. The lowest BCUT2D eigenvalue weighted by Crippen LogP contribution is -2.28. The average molecular weight is 366 g/mol. The maximum absolute atomic E-state index is 12.7. The van der Waals surface area contributed by atoms with Gasteiger partial charge in [-0.15, -0.1) is 11.3 Å². The SMILES string of the molecule is C[C@H]1CCc2c(sc(NC(=O)COCC(=O)O)c2C(=O)NC2CC2)C1. The van der Waals surface area contributed by atoms with Crippen LogP contribution >= 0.6 is 11.3 Å². The molecule has 0 aliphatic heterocycles. The van der Waals surface area contributed by atoms with Crippen LogP contribution in [-0.2, 0) is 27.2 Å². The van der Waals surface area contributed by atoms with Crippen LogP contribution in [0.5, 0.6) is 0 Å². The Morgan fingerprint density at radius 3 is 2.68 bits per heavy atom. The summed E-state index contributed by atoms with van der Waals surface area (Å²) in [5.41, 5.74) is 1.62. The monoisotopic (exact) mass is 366 g/mol. The Morgan fingerprint density at radius 1 is 1.24 bits per heavy atom. The van der Waals surface area contributed by atoms with Crippen LogP contribution in [0.1, 0.15) is 47.0 Å². The fraction of sp³-hybridized carbons (Fsp3) is 0.588. The van der Waals surface area contributed by atoms with E-state index >= 15 is 0 Å². The number of ether oxygens (including phenoxy) is 1. The van der Waals surface area contributed by atoms with Crippen molar-refractivity contribution in [3.8, 4) is 0 Å². The lowest BCUT2D eigenvalue weighted by Gasteiger charge is -2.18. The number of carboxylic acids is 1. The van der Waals surface area contributed by atoms with Gasteiger partial charge in [-0.3, -0.25) is 9.59 Å². The number of nitrogens with one attached hydrogen (secondary N) is 2. The first-order valence-corrected chi connectivity index (χ1v) is 9.30. The molecule has 8 heteroatoms. The van der Waals surface area contributed by atoms with E-state index in [0.29, 0.717) is 16.5 Å². The largest absolute Gasteiger partial charge is 0.480 e. The zero-order valence-corrected chi connectivity index (χ0v) is 14.9.